The van der Waals surface area contributed by atoms with E-state index in [4.69, 9.17) is 0 Å². The maximum absolute atomic E-state index is 12.9. The summed E-state index contributed by atoms with van der Waals surface area (Å²) in [5.41, 5.74) is 0.808. The molecule has 1 aromatic rings. The zero-order chi connectivity index (χ0) is 14.6. The van der Waals surface area contributed by atoms with Crippen LogP contribution in [0, 0.1) is 5.82 Å². The second kappa shape index (κ2) is 6.45. The molecule has 1 saturated heterocycles. The molecule has 4 nitrogen and oxygen atoms in total. The minimum Gasteiger partial charge on any atom is -0.294 e. The van der Waals surface area contributed by atoms with Crippen molar-refractivity contribution in [2.45, 2.75) is 25.3 Å². The number of halogens is 1. The van der Waals surface area contributed by atoms with Crippen LogP contribution in [0.5, 0.6) is 0 Å². The van der Waals surface area contributed by atoms with E-state index in [9.17, 15) is 12.8 Å². The molecule has 0 aliphatic carbocycles. The number of nitrogens with zero attached hydrogens (tertiary/aromatic N) is 2. The van der Waals surface area contributed by atoms with E-state index in [0.29, 0.717) is 6.54 Å². The number of aromatic nitrogens is 1. The minimum absolute atomic E-state index is 0.0637. The van der Waals surface area contributed by atoms with Crippen molar-refractivity contribution in [3.05, 3.63) is 41.8 Å². The van der Waals surface area contributed by atoms with Crippen LogP contribution >= 0.6 is 0 Å². The quantitative estimate of drug-likeness (QED) is 0.837. The maximum Gasteiger partial charge on any atom is 0.172 e. The smallest absolute Gasteiger partial charge is 0.172 e. The molecule has 110 valence electrons. The van der Waals surface area contributed by atoms with Crippen LogP contribution in [0.4, 0.5) is 4.39 Å². The highest BCUT2D eigenvalue weighted by molar-refractivity contribution is 7.94. The Balaban J connectivity index is 2.09. The number of sulfone groups is 1. The van der Waals surface area contributed by atoms with Crippen molar-refractivity contribution in [1.29, 1.82) is 0 Å². The molecule has 0 radical (unpaired) electrons. The van der Waals surface area contributed by atoms with Crippen LogP contribution in [0.1, 0.15) is 31.0 Å². The average molecular weight is 298 g/mol. The third-order valence-corrected chi connectivity index (χ3v) is 4.88. The Morgan fingerprint density at radius 3 is 2.90 bits per heavy atom. The van der Waals surface area contributed by atoms with Gasteiger partial charge in [-0.05, 0) is 31.5 Å². The van der Waals surface area contributed by atoms with E-state index in [2.05, 4.69) is 16.5 Å². The van der Waals surface area contributed by atoms with E-state index >= 15 is 0 Å². The van der Waals surface area contributed by atoms with Crippen LogP contribution in [-0.4, -0.2) is 37.1 Å². The molecule has 0 bridgehead atoms. The summed E-state index contributed by atoms with van der Waals surface area (Å²) >= 11 is 0. The van der Waals surface area contributed by atoms with E-state index in [0.717, 1.165) is 36.9 Å². The van der Waals surface area contributed by atoms with Crippen LogP contribution in [0.15, 0.2) is 30.3 Å². The zero-order valence-electron chi connectivity index (χ0n) is 11.3. The molecule has 1 unspecified atom stereocenters. The molecule has 1 aliphatic heterocycles. The molecular weight excluding hydrogens is 279 g/mol. The lowest BCUT2D eigenvalue weighted by Crippen LogP contribution is -2.37. The highest BCUT2D eigenvalue weighted by Gasteiger charge is 2.25. The van der Waals surface area contributed by atoms with Crippen LogP contribution < -0.4 is 0 Å². The van der Waals surface area contributed by atoms with Gasteiger partial charge in [0, 0.05) is 12.0 Å². The molecule has 1 fully saturated rings. The Labute approximate surface area is 119 Å². The number of hydrogen-bond donors (Lipinski definition) is 0. The number of hydrogen-bond acceptors (Lipinski definition) is 4. The fourth-order valence-corrected chi connectivity index (χ4v) is 3.16. The van der Waals surface area contributed by atoms with Gasteiger partial charge in [-0.25, -0.2) is 12.8 Å². The minimum atomic E-state index is -3.19. The number of likely N-dealkylation sites (tertiary alicyclic amines) is 1. The third-order valence-electron chi connectivity index (χ3n) is 3.62. The predicted molar refractivity (Wildman–Crippen MR) is 76.3 cm³/mol. The summed E-state index contributed by atoms with van der Waals surface area (Å²) in [4.78, 5) is 6.25. The Kier molecular flexibility index (Phi) is 4.88. The highest BCUT2D eigenvalue weighted by atomic mass is 32.2. The van der Waals surface area contributed by atoms with Crippen LogP contribution in [0.2, 0.25) is 0 Å². The molecule has 2 heterocycles. The molecule has 0 N–H and O–H groups in total. The summed E-state index contributed by atoms with van der Waals surface area (Å²) in [6, 6.07) is 3.15. The van der Waals surface area contributed by atoms with E-state index in [1.807, 2.05) is 0 Å². The van der Waals surface area contributed by atoms with Crippen molar-refractivity contribution in [2.24, 2.45) is 0 Å². The van der Waals surface area contributed by atoms with Crippen LogP contribution in [0.25, 0.3) is 0 Å². The van der Waals surface area contributed by atoms with Gasteiger partial charge in [-0.3, -0.25) is 9.88 Å². The van der Waals surface area contributed by atoms with Gasteiger partial charge in [-0.2, -0.15) is 0 Å². The molecule has 0 aromatic carbocycles. The van der Waals surface area contributed by atoms with Crippen molar-refractivity contribution >= 4 is 9.84 Å². The summed E-state index contributed by atoms with van der Waals surface area (Å²) in [6.45, 7) is 4.62. The molecule has 1 aliphatic rings. The molecule has 0 amide bonds. The largest absolute Gasteiger partial charge is 0.294 e. The van der Waals surface area contributed by atoms with E-state index < -0.39 is 9.84 Å². The summed E-state index contributed by atoms with van der Waals surface area (Å²) in [7, 11) is -3.19. The number of rotatable bonds is 5. The van der Waals surface area contributed by atoms with E-state index in [1.165, 1.54) is 12.3 Å². The lowest BCUT2D eigenvalue weighted by Gasteiger charge is -2.35. The van der Waals surface area contributed by atoms with Crippen molar-refractivity contribution in [3.63, 3.8) is 0 Å². The lowest BCUT2D eigenvalue weighted by molar-refractivity contribution is 0.154. The molecule has 20 heavy (non-hydrogen) atoms. The van der Waals surface area contributed by atoms with Gasteiger partial charge in [0.1, 0.15) is 5.82 Å². The van der Waals surface area contributed by atoms with Gasteiger partial charge in [0.15, 0.2) is 9.84 Å². The molecule has 0 spiro atoms. The molecule has 0 saturated carbocycles. The number of pyridine rings is 1. The van der Waals surface area contributed by atoms with Gasteiger partial charge in [0.2, 0.25) is 0 Å². The van der Waals surface area contributed by atoms with Crippen molar-refractivity contribution < 1.29 is 12.8 Å². The molecule has 1 aromatic heterocycles. The van der Waals surface area contributed by atoms with Crippen LogP contribution in [0.3, 0.4) is 0 Å². The average Bonchev–Trinajstić information content (AvgIpc) is 2.46. The Hall–Kier alpha value is -1.27. The van der Waals surface area contributed by atoms with Crippen molar-refractivity contribution in [3.8, 4) is 0 Å². The summed E-state index contributed by atoms with van der Waals surface area (Å²) in [5.74, 6) is -0.292. The second-order valence-electron chi connectivity index (χ2n) is 4.98. The predicted octanol–water partition coefficient (Wildman–Crippen LogP) is 2.31. The van der Waals surface area contributed by atoms with Gasteiger partial charge in [-0.15, -0.1) is 0 Å². The van der Waals surface area contributed by atoms with Gasteiger partial charge in [-0.1, -0.05) is 13.0 Å². The normalized spacial score (nSPS) is 20.8. The molecule has 6 heteroatoms. The summed E-state index contributed by atoms with van der Waals surface area (Å²) in [5, 5.41) is 1.00. The Morgan fingerprint density at radius 2 is 2.25 bits per heavy atom. The first kappa shape index (κ1) is 15.1. The summed E-state index contributed by atoms with van der Waals surface area (Å²) in [6.07, 6.45) is 4.26. The first-order valence-electron chi connectivity index (χ1n) is 6.72. The van der Waals surface area contributed by atoms with Crippen LogP contribution in [-0.2, 0) is 9.84 Å². The second-order valence-corrected chi connectivity index (χ2v) is 7.05. The zero-order valence-corrected chi connectivity index (χ0v) is 12.2. The highest BCUT2D eigenvalue weighted by Crippen LogP contribution is 2.29. The molecular formula is C14H19FN2O2S. The third kappa shape index (κ3) is 3.86. The van der Waals surface area contributed by atoms with Gasteiger partial charge < -0.3 is 0 Å². The standard InChI is InChI=1S/C14H19FN2O2S/c1-2-20(18,19)10-9-17-8-4-3-5-14(17)13-7-6-12(15)11-16-13/h2,6-7,11,14H,1,3-5,8-10H2. The van der Waals surface area contributed by atoms with E-state index in [1.54, 1.807) is 6.07 Å². The summed E-state index contributed by atoms with van der Waals surface area (Å²) < 4.78 is 36.0. The van der Waals surface area contributed by atoms with Crippen molar-refractivity contribution in [1.82, 2.24) is 9.88 Å². The maximum atomic E-state index is 12.9. The SMILES string of the molecule is C=CS(=O)(=O)CCN1CCCCC1c1ccc(F)cn1. The van der Waals surface area contributed by atoms with Gasteiger partial charge >= 0.3 is 0 Å². The van der Waals surface area contributed by atoms with Crippen molar-refractivity contribution in [2.75, 3.05) is 18.8 Å². The molecule has 2 rings (SSSR count). The first-order chi connectivity index (χ1) is 9.52. The van der Waals surface area contributed by atoms with E-state index in [-0.39, 0.29) is 17.6 Å². The van der Waals surface area contributed by atoms with Gasteiger partial charge in [0.25, 0.3) is 0 Å². The van der Waals surface area contributed by atoms with Gasteiger partial charge in [0.05, 0.1) is 23.7 Å². The molecule has 1 atom stereocenters. The fraction of sp³-hybridized carbons (Fsp3) is 0.500. The Morgan fingerprint density at radius 1 is 1.45 bits per heavy atom. The monoisotopic (exact) mass is 298 g/mol. The Bertz CT molecular complexity index is 557. The first-order valence-corrected chi connectivity index (χ1v) is 8.44. The lowest BCUT2D eigenvalue weighted by atomic mass is 9.99. The number of piperidine rings is 1. The fourth-order valence-electron chi connectivity index (χ4n) is 2.51. The topological polar surface area (TPSA) is 50.3 Å².